The highest BCUT2D eigenvalue weighted by atomic mass is 19.1. The van der Waals surface area contributed by atoms with Crippen LogP contribution in [0.4, 0.5) is 14.9 Å². The molecule has 25 heavy (non-hydrogen) atoms. The van der Waals surface area contributed by atoms with Gasteiger partial charge in [0, 0.05) is 24.6 Å². The van der Waals surface area contributed by atoms with Gasteiger partial charge >= 0.3 is 6.03 Å². The molecule has 0 unspecified atom stereocenters. The zero-order valence-corrected chi connectivity index (χ0v) is 13.6. The number of hydrogen-bond donors (Lipinski definition) is 2. The molecule has 0 fully saturated rings. The minimum atomic E-state index is -0.300. The smallest absolute Gasteiger partial charge is 0.319 e. The van der Waals surface area contributed by atoms with Crippen molar-refractivity contribution < 1.29 is 9.18 Å². The number of amides is 2. The highest BCUT2D eigenvalue weighted by Crippen LogP contribution is 2.13. The second-order valence-corrected chi connectivity index (χ2v) is 5.66. The number of halogens is 1. The van der Waals surface area contributed by atoms with Gasteiger partial charge in [-0.3, -0.25) is 4.98 Å². The van der Waals surface area contributed by atoms with Gasteiger partial charge in [0.15, 0.2) is 0 Å². The van der Waals surface area contributed by atoms with E-state index >= 15 is 0 Å². The third-order valence-corrected chi connectivity index (χ3v) is 3.74. The van der Waals surface area contributed by atoms with Crippen LogP contribution in [0, 0.1) is 5.82 Å². The van der Waals surface area contributed by atoms with Gasteiger partial charge in [0.25, 0.3) is 0 Å². The van der Waals surface area contributed by atoms with E-state index in [1.54, 1.807) is 24.5 Å². The molecule has 2 N–H and O–H groups in total. The van der Waals surface area contributed by atoms with Gasteiger partial charge in [-0.1, -0.05) is 24.3 Å². The number of carbonyl (C=O) groups excluding carboxylic acids is 1. The van der Waals surface area contributed by atoms with Gasteiger partial charge in [0.05, 0.1) is 0 Å². The predicted molar refractivity (Wildman–Crippen MR) is 95.7 cm³/mol. The molecule has 0 aliphatic carbocycles. The van der Waals surface area contributed by atoms with Crippen LogP contribution in [0.1, 0.15) is 16.7 Å². The van der Waals surface area contributed by atoms with Crippen LogP contribution in [0.25, 0.3) is 0 Å². The van der Waals surface area contributed by atoms with Gasteiger partial charge in [-0.25, -0.2) is 9.18 Å². The molecular weight excluding hydrogens is 317 g/mol. The van der Waals surface area contributed by atoms with Crippen molar-refractivity contribution in [2.24, 2.45) is 0 Å². The maximum Gasteiger partial charge on any atom is 0.319 e. The minimum absolute atomic E-state index is 0.292. The van der Waals surface area contributed by atoms with Crippen LogP contribution in [-0.4, -0.2) is 11.0 Å². The van der Waals surface area contributed by atoms with Gasteiger partial charge in [-0.05, 0) is 59.5 Å². The third kappa shape index (κ3) is 5.14. The summed E-state index contributed by atoms with van der Waals surface area (Å²) in [5.41, 5.74) is 3.90. The van der Waals surface area contributed by atoms with Gasteiger partial charge in [-0.2, -0.15) is 0 Å². The molecule has 0 spiro atoms. The van der Waals surface area contributed by atoms with E-state index in [4.69, 9.17) is 0 Å². The Morgan fingerprint density at radius 3 is 2.12 bits per heavy atom. The Bertz CT molecular complexity index is 818. The fourth-order valence-electron chi connectivity index (χ4n) is 2.40. The third-order valence-electron chi connectivity index (χ3n) is 3.74. The Hall–Kier alpha value is -3.21. The summed E-state index contributed by atoms with van der Waals surface area (Å²) in [6.45, 7) is 0.340. The first-order valence-corrected chi connectivity index (χ1v) is 7.96. The summed E-state index contributed by atoms with van der Waals surface area (Å²) in [7, 11) is 0. The summed E-state index contributed by atoms with van der Waals surface area (Å²) in [6.07, 6.45) is 4.37. The lowest BCUT2D eigenvalue weighted by atomic mass is 10.1. The van der Waals surface area contributed by atoms with E-state index in [1.165, 1.54) is 17.7 Å². The first kappa shape index (κ1) is 16.6. The Morgan fingerprint density at radius 1 is 0.840 bits per heavy atom. The molecule has 0 radical (unpaired) electrons. The number of urea groups is 1. The summed E-state index contributed by atoms with van der Waals surface area (Å²) in [4.78, 5) is 15.9. The van der Waals surface area contributed by atoms with Crippen molar-refractivity contribution in [3.8, 4) is 0 Å². The SMILES string of the molecule is O=C(NCc1ccc(F)cc1)Nc1ccc(Cc2ccncc2)cc1. The second-order valence-electron chi connectivity index (χ2n) is 5.66. The number of nitrogens with zero attached hydrogens (tertiary/aromatic N) is 1. The number of nitrogens with one attached hydrogen (secondary N) is 2. The predicted octanol–water partition coefficient (Wildman–Crippen LogP) is 4.13. The molecule has 0 saturated heterocycles. The highest BCUT2D eigenvalue weighted by molar-refractivity contribution is 5.89. The number of pyridine rings is 1. The highest BCUT2D eigenvalue weighted by Gasteiger charge is 2.03. The van der Waals surface area contributed by atoms with Crippen LogP contribution in [0.2, 0.25) is 0 Å². The average molecular weight is 335 g/mol. The van der Waals surface area contributed by atoms with Crippen LogP contribution in [0.5, 0.6) is 0 Å². The van der Waals surface area contributed by atoms with Gasteiger partial charge in [0.1, 0.15) is 5.82 Å². The fraction of sp³-hybridized carbons (Fsp3) is 0.100. The molecule has 5 heteroatoms. The molecular formula is C20H18FN3O. The van der Waals surface area contributed by atoms with E-state index in [9.17, 15) is 9.18 Å². The Labute approximate surface area is 145 Å². The number of anilines is 1. The summed E-state index contributed by atoms with van der Waals surface area (Å²) >= 11 is 0. The summed E-state index contributed by atoms with van der Waals surface area (Å²) in [5.74, 6) is -0.292. The van der Waals surface area contributed by atoms with Crippen LogP contribution in [0.3, 0.4) is 0 Å². The van der Waals surface area contributed by atoms with E-state index in [-0.39, 0.29) is 11.8 Å². The lowest BCUT2D eigenvalue weighted by Crippen LogP contribution is -2.28. The molecule has 0 aliphatic heterocycles. The number of carbonyl (C=O) groups is 1. The standard InChI is InChI=1S/C20H18FN3O/c21-18-5-1-17(2-6-18)14-23-20(25)24-19-7-3-15(4-8-19)13-16-9-11-22-12-10-16/h1-12H,13-14H2,(H2,23,24,25). The Kier molecular flexibility index (Phi) is 5.36. The van der Waals surface area contributed by atoms with Gasteiger partial charge in [0.2, 0.25) is 0 Å². The molecule has 2 amide bonds. The zero-order valence-electron chi connectivity index (χ0n) is 13.6. The van der Waals surface area contributed by atoms with Crippen molar-refractivity contribution in [1.29, 1.82) is 0 Å². The van der Waals surface area contributed by atoms with Crippen molar-refractivity contribution in [1.82, 2.24) is 10.3 Å². The van der Waals surface area contributed by atoms with Crippen molar-refractivity contribution in [2.75, 3.05) is 5.32 Å². The summed E-state index contributed by atoms with van der Waals surface area (Å²) < 4.78 is 12.8. The van der Waals surface area contributed by atoms with Crippen LogP contribution < -0.4 is 10.6 Å². The molecule has 0 saturated carbocycles. The first-order chi connectivity index (χ1) is 12.2. The minimum Gasteiger partial charge on any atom is -0.334 e. The largest absolute Gasteiger partial charge is 0.334 e. The summed E-state index contributed by atoms with van der Waals surface area (Å²) in [6, 6.07) is 17.4. The Balaban J connectivity index is 1.50. The van der Waals surface area contributed by atoms with Gasteiger partial charge < -0.3 is 10.6 Å². The first-order valence-electron chi connectivity index (χ1n) is 7.96. The molecule has 1 aromatic heterocycles. The molecule has 2 aromatic carbocycles. The van der Waals surface area contributed by atoms with Crippen LogP contribution >= 0.6 is 0 Å². The monoisotopic (exact) mass is 335 g/mol. The van der Waals surface area contributed by atoms with Crippen molar-refractivity contribution in [2.45, 2.75) is 13.0 Å². The lowest BCUT2D eigenvalue weighted by Gasteiger charge is -2.09. The maximum absolute atomic E-state index is 12.8. The van der Waals surface area contributed by atoms with Crippen molar-refractivity contribution in [3.63, 3.8) is 0 Å². The molecule has 3 aromatic rings. The maximum atomic E-state index is 12.8. The number of aromatic nitrogens is 1. The average Bonchev–Trinajstić information content (AvgIpc) is 2.64. The molecule has 4 nitrogen and oxygen atoms in total. The van der Waals surface area contributed by atoms with E-state index in [2.05, 4.69) is 15.6 Å². The van der Waals surface area contributed by atoms with Gasteiger partial charge in [-0.15, -0.1) is 0 Å². The van der Waals surface area contributed by atoms with Crippen LogP contribution in [-0.2, 0) is 13.0 Å². The van der Waals surface area contributed by atoms with Crippen molar-refractivity contribution >= 4 is 11.7 Å². The summed E-state index contributed by atoms with van der Waals surface area (Å²) in [5, 5.41) is 5.52. The van der Waals surface area contributed by atoms with E-state index in [1.807, 2.05) is 36.4 Å². The second kappa shape index (κ2) is 8.06. The molecule has 3 rings (SSSR count). The molecule has 0 bridgehead atoms. The molecule has 126 valence electrons. The van der Waals surface area contributed by atoms with Crippen molar-refractivity contribution in [3.05, 3.63) is 95.6 Å². The lowest BCUT2D eigenvalue weighted by molar-refractivity contribution is 0.251. The molecule has 1 heterocycles. The molecule has 0 aliphatic rings. The number of benzene rings is 2. The Morgan fingerprint density at radius 2 is 1.44 bits per heavy atom. The molecule has 0 atom stereocenters. The number of rotatable bonds is 5. The van der Waals surface area contributed by atoms with E-state index in [0.717, 1.165) is 23.2 Å². The normalized spacial score (nSPS) is 10.3. The zero-order chi connectivity index (χ0) is 17.5. The fourth-order valence-corrected chi connectivity index (χ4v) is 2.40. The van der Waals surface area contributed by atoms with E-state index in [0.29, 0.717) is 6.54 Å². The topological polar surface area (TPSA) is 54.0 Å². The van der Waals surface area contributed by atoms with E-state index < -0.39 is 0 Å². The number of hydrogen-bond acceptors (Lipinski definition) is 2. The quantitative estimate of drug-likeness (QED) is 0.736. The van der Waals surface area contributed by atoms with Crippen LogP contribution in [0.15, 0.2) is 73.1 Å².